The first-order valence-corrected chi connectivity index (χ1v) is 8.22. The molecule has 7 heteroatoms. The lowest BCUT2D eigenvalue weighted by atomic mass is 10.1. The number of rotatable bonds is 6. The molecule has 1 aromatic carbocycles. The van der Waals surface area contributed by atoms with Gasteiger partial charge in [0.15, 0.2) is 5.96 Å². The molecule has 0 spiro atoms. The zero-order valence-electron chi connectivity index (χ0n) is 15.8. The summed E-state index contributed by atoms with van der Waals surface area (Å²) in [6.45, 7) is 6.90. The third kappa shape index (κ3) is 10.2. The first kappa shape index (κ1) is 23.5. The molecule has 0 radical (unpaired) electrons. The second-order valence-electron chi connectivity index (χ2n) is 6.90. The predicted molar refractivity (Wildman–Crippen MR) is 114 cm³/mol. The molecule has 0 aliphatic carbocycles. The van der Waals surface area contributed by atoms with Crippen molar-refractivity contribution in [3.8, 4) is 5.75 Å². The van der Waals surface area contributed by atoms with Crippen LogP contribution in [0.15, 0.2) is 29.3 Å². The van der Waals surface area contributed by atoms with Gasteiger partial charge in [-0.2, -0.15) is 0 Å². The zero-order chi connectivity index (χ0) is 18.2. The lowest BCUT2D eigenvalue weighted by molar-refractivity contribution is -0.122. The number of hydrogen-bond acceptors (Lipinski definition) is 3. The first-order valence-electron chi connectivity index (χ1n) is 8.22. The third-order valence-corrected chi connectivity index (χ3v) is 3.33. The number of phenolic OH excluding ortho intramolecular Hbond substituents is 1. The van der Waals surface area contributed by atoms with E-state index in [4.69, 9.17) is 0 Å². The summed E-state index contributed by atoms with van der Waals surface area (Å²) in [7, 11) is 3.55. The summed E-state index contributed by atoms with van der Waals surface area (Å²) in [5.74, 6) is 0.953. The molecular weight excluding hydrogens is 431 g/mol. The number of benzene rings is 1. The van der Waals surface area contributed by atoms with E-state index in [9.17, 15) is 9.90 Å². The van der Waals surface area contributed by atoms with Crippen molar-refractivity contribution in [3.63, 3.8) is 0 Å². The van der Waals surface area contributed by atoms with E-state index >= 15 is 0 Å². The number of aromatic hydroxyl groups is 1. The molecule has 0 atom stereocenters. The van der Waals surface area contributed by atoms with Gasteiger partial charge in [-0.1, -0.05) is 12.1 Å². The SMILES string of the molecule is CN=C(NCCCc1ccc(O)cc1)N(C)CC(=O)NC(C)(C)C.I. The molecule has 1 rings (SSSR count). The molecule has 0 fully saturated rings. The van der Waals surface area contributed by atoms with Gasteiger partial charge in [-0.3, -0.25) is 9.79 Å². The van der Waals surface area contributed by atoms with Crippen LogP contribution in [0, 0.1) is 0 Å². The van der Waals surface area contributed by atoms with Crippen LogP contribution in [-0.4, -0.2) is 54.6 Å². The Hall–Kier alpha value is -1.51. The van der Waals surface area contributed by atoms with Crippen molar-refractivity contribution in [1.29, 1.82) is 0 Å². The van der Waals surface area contributed by atoms with Crippen LogP contribution in [0.3, 0.4) is 0 Å². The van der Waals surface area contributed by atoms with Crippen LogP contribution in [-0.2, 0) is 11.2 Å². The molecule has 142 valence electrons. The number of carbonyl (C=O) groups excluding carboxylic acids is 1. The van der Waals surface area contributed by atoms with Crippen molar-refractivity contribution in [2.24, 2.45) is 4.99 Å². The molecule has 0 bridgehead atoms. The molecule has 0 aliphatic rings. The highest BCUT2D eigenvalue weighted by atomic mass is 127. The number of halogens is 1. The van der Waals surface area contributed by atoms with Gasteiger partial charge >= 0.3 is 0 Å². The largest absolute Gasteiger partial charge is 0.508 e. The zero-order valence-corrected chi connectivity index (χ0v) is 18.1. The van der Waals surface area contributed by atoms with Crippen LogP contribution in [0.1, 0.15) is 32.8 Å². The molecule has 0 saturated heterocycles. The van der Waals surface area contributed by atoms with Crippen LogP contribution >= 0.6 is 24.0 Å². The number of nitrogens with zero attached hydrogens (tertiary/aromatic N) is 2. The Morgan fingerprint density at radius 1 is 1.24 bits per heavy atom. The van der Waals surface area contributed by atoms with Crippen molar-refractivity contribution in [1.82, 2.24) is 15.5 Å². The predicted octanol–water partition coefficient (Wildman–Crippen LogP) is 2.36. The van der Waals surface area contributed by atoms with Crippen molar-refractivity contribution < 1.29 is 9.90 Å². The number of likely N-dealkylation sites (N-methyl/N-ethyl adjacent to an activating group) is 1. The van der Waals surface area contributed by atoms with E-state index in [1.807, 2.05) is 44.9 Å². The summed E-state index contributed by atoms with van der Waals surface area (Å²) in [6, 6.07) is 7.24. The molecular formula is C18H31IN4O2. The topological polar surface area (TPSA) is 77.0 Å². The van der Waals surface area contributed by atoms with Crippen molar-refractivity contribution in [2.45, 2.75) is 39.2 Å². The Morgan fingerprint density at radius 2 is 1.84 bits per heavy atom. The maximum absolute atomic E-state index is 12.0. The highest BCUT2D eigenvalue weighted by molar-refractivity contribution is 14.0. The van der Waals surface area contributed by atoms with Crippen LogP contribution < -0.4 is 10.6 Å². The Morgan fingerprint density at radius 3 is 2.36 bits per heavy atom. The van der Waals surface area contributed by atoms with Crippen LogP contribution in [0.2, 0.25) is 0 Å². The van der Waals surface area contributed by atoms with Gasteiger partial charge < -0.3 is 20.6 Å². The lowest BCUT2D eigenvalue weighted by Crippen LogP contribution is -2.48. The number of amides is 1. The van der Waals surface area contributed by atoms with Gasteiger partial charge in [0.05, 0.1) is 6.54 Å². The summed E-state index contributed by atoms with van der Waals surface area (Å²) < 4.78 is 0. The molecule has 1 amide bonds. The van der Waals surface area contributed by atoms with E-state index < -0.39 is 0 Å². The summed E-state index contributed by atoms with van der Waals surface area (Å²) in [6.07, 6.45) is 1.85. The normalized spacial score (nSPS) is 11.5. The molecule has 0 unspecified atom stereocenters. The molecule has 0 heterocycles. The van der Waals surface area contributed by atoms with Gasteiger partial charge in [-0.15, -0.1) is 24.0 Å². The third-order valence-electron chi connectivity index (χ3n) is 3.33. The van der Waals surface area contributed by atoms with E-state index in [0.717, 1.165) is 19.4 Å². The molecule has 0 aliphatic heterocycles. The van der Waals surface area contributed by atoms with Gasteiger partial charge in [0.25, 0.3) is 0 Å². The number of hydrogen-bond donors (Lipinski definition) is 3. The number of guanidine groups is 1. The summed E-state index contributed by atoms with van der Waals surface area (Å²) in [5.41, 5.74) is 0.946. The smallest absolute Gasteiger partial charge is 0.240 e. The maximum atomic E-state index is 12.0. The number of phenols is 1. The van der Waals surface area contributed by atoms with Gasteiger partial charge in [-0.05, 0) is 51.3 Å². The molecule has 0 aromatic heterocycles. The number of carbonyl (C=O) groups is 1. The Balaban J connectivity index is 0.00000576. The highest BCUT2D eigenvalue weighted by Gasteiger charge is 2.16. The Bertz CT molecular complexity index is 553. The quantitative estimate of drug-likeness (QED) is 0.263. The Labute approximate surface area is 168 Å². The average Bonchev–Trinajstić information content (AvgIpc) is 2.47. The van der Waals surface area contributed by atoms with Gasteiger partial charge in [0.1, 0.15) is 5.75 Å². The van der Waals surface area contributed by atoms with E-state index in [1.54, 1.807) is 19.2 Å². The van der Waals surface area contributed by atoms with Crippen LogP contribution in [0.5, 0.6) is 5.75 Å². The molecule has 6 nitrogen and oxygen atoms in total. The second-order valence-corrected chi connectivity index (χ2v) is 6.90. The fourth-order valence-electron chi connectivity index (χ4n) is 2.29. The molecule has 0 saturated carbocycles. The monoisotopic (exact) mass is 462 g/mol. The van der Waals surface area contributed by atoms with Crippen molar-refractivity contribution in [2.75, 3.05) is 27.2 Å². The molecule has 1 aromatic rings. The average molecular weight is 462 g/mol. The highest BCUT2D eigenvalue weighted by Crippen LogP contribution is 2.10. The standard InChI is InChI=1S/C18H30N4O2.HI/c1-18(2,3)21-16(24)13-22(5)17(19-4)20-12-6-7-14-8-10-15(23)11-9-14;/h8-11,23H,6-7,12-13H2,1-5H3,(H,19,20)(H,21,24);1H. The second kappa shape index (κ2) is 11.2. The lowest BCUT2D eigenvalue weighted by Gasteiger charge is -2.25. The fraction of sp³-hybridized carbons (Fsp3) is 0.556. The van der Waals surface area contributed by atoms with Gasteiger partial charge in [0.2, 0.25) is 5.91 Å². The first-order chi connectivity index (χ1) is 11.2. The van der Waals surface area contributed by atoms with Gasteiger partial charge in [-0.25, -0.2) is 0 Å². The number of nitrogens with one attached hydrogen (secondary N) is 2. The number of aryl methyl sites for hydroxylation is 1. The summed E-state index contributed by atoms with van der Waals surface area (Å²) in [4.78, 5) is 18.0. The Kier molecular flexibility index (Phi) is 10.5. The fourth-order valence-corrected chi connectivity index (χ4v) is 2.29. The van der Waals surface area contributed by atoms with Crippen LogP contribution in [0.4, 0.5) is 0 Å². The molecule has 25 heavy (non-hydrogen) atoms. The van der Waals surface area contributed by atoms with E-state index in [-0.39, 0.29) is 47.7 Å². The van der Waals surface area contributed by atoms with E-state index in [1.165, 1.54) is 5.56 Å². The van der Waals surface area contributed by atoms with E-state index in [2.05, 4.69) is 15.6 Å². The number of aliphatic imine (C=N–C) groups is 1. The van der Waals surface area contributed by atoms with Crippen molar-refractivity contribution >= 4 is 35.8 Å². The molecule has 3 N–H and O–H groups in total. The minimum absolute atomic E-state index is 0. The minimum atomic E-state index is -0.237. The maximum Gasteiger partial charge on any atom is 0.240 e. The summed E-state index contributed by atoms with van der Waals surface area (Å²) in [5, 5.41) is 15.5. The van der Waals surface area contributed by atoms with Gasteiger partial charge in [0, 0.05) is 26.2 Å². The van der Waals surface area contributed by atoms with Crippen LogP contribution in [0.25, 0.3) is 0 Å². The van der Waals surface area contributed by atoms with E-state index in [0.29, 0.717) is 5.96 Å². The minimum Gasteiger partial charge on any atom is -0.508 e. The summed E-state index contributed by atoms with van der Waals surface area (Å²) >= 11 is 0. The van der Waals surface area contributed by atoms with Crippen molar-refractivity contribution in [3.05, 3.63) is 29.8 Å².